The number of aromatic nitrogens is 3. The highest BCUT2D eigenvalue weighted by Gasteiger charge is 2.35. The number of hydrogen-bond acceptors (Lipinski definition) is 12. The molecule has 6 aromatic rings. The van der Waals surface area contributed by atoms with Gasteiger partial charge >= 0.3 is 12.1 Å². The molecule has 0 aliphatic heterocycles. The van der Waals surface area contributed by atoms with E-state index in [1.54, 1.807) is 74.3 Å². The molecule has 0 unspecified atom stereocenters. The molecule has 0 aliphatic rings. The number of aryl methyl sites for hydroxylation is 3. The number of benzene rings is 4. The van der Waals surface area contributed by atoms with Gasteiger partial charge in [0.05, 0.1) is 41.7 Å². The van der Waals surface area contributed by atoms with Crippen LogP contribution in [0.1, 0.15) is 81.3 Å². The normalized spacial score (nSPS) is 11.9. The van der Waals surface area contributed by atoms with Crippen LogP contribution in [-0.2, 0) is 52.5 Å². The largest absolute Gasteiger partial charge is 0.733 e. The maximum atomic E-state index is 14.2. The fourth-order valence-corrected chi connectivity index (χ4v) is 9.69. The van der Waals surface area contributed by atoms with Gasteiger partial charge in [0.25, 0.3) is 10.0 Å². The Morgan fingerprint density at radius 2 is 1.70 bits per heavy atom. The monoisotopic (exact) mass is 920 g/mol. The maximum absolute atomic E-state index is 14.2. The quantitative estimate of drug-likeness (QED) is 0.0473. The van der Waals surface area contributed by atoms with E-state index >= 15 is 0 Å². The lowest BCUT2D eigenvalue weighted by Gasteiger charge is -2.29. The zero-order chi connectivity index (χ0) is 46.5. The van der Waals surface area contributed by atoms with Crippen LogP contribution in [0.25, 0.3) is 32.8 Å². The van der Waals surface area contributed by atoms with Crippen molar-refractivity contribution in [3.05, 3.63) is 111 Å². The summed E-state index contributed by atoms with van der Waals surface area (Å²) < 4.78 is 63.6. The Hall–Kier alpha value is -5.72. The molecule has 18 heteroatoms. The molecule has 0 aliphatic carbocycles. The molecule has 2 N–H and O–H groups in total. The van der Waals surface area contributed by atoms with Crippen LogP contribution >= 0.6 is 11.6 Å². The SMILES string of the molecule is CCOC(=O)c1c(CCCOc2cccc3cc(F)ccc23)c2ccc(Cl)c(-c3c(CO)nn(C)c3CC)c2n1CCCCN(C(=O)OC(C)(C)C)S(=O)(=O)c1ccccc1N([O-])O. The van der Waals surface area contributed by atoms with E-state index in [0.29, 0.717) is 73.0 Å². The number of para-hydroxylation sites is 1. The second kappa shape index (κ2) is 20.0. The summed E-state index contributed by atoms with van der Waals surface area (Å²) in [7, 11) is -2.99. The van der Waals surface area contributed by atoms with E-state index in [0.717, 1.165) is 23.2 Å². The van der Waals surface area contributed by atoms with Gasteiger partial charge in [-0.25, -0.2) is 26.7 Å². The number of aliphatic hydroxyl groups is 1. The first-order valence-electron chi connectivity index (χ1n) is 20.9. The molecule has 2 heterocycles. The molecule has 64 heavy (non-hydrogen) atoms. The van der Waals surface area contributed by atoms with Gasteiger partial charge in [0.1, 0.15) is 27.8 Å². The standard InChI is InChI=1S/C46H52ClFN5O10S/c1-7-36-41(35(28-54)49-50(36)6)40-34(47)23-22-33-32(16-14-26-62-38-18-13-15-29-27-30(48)20-21-31(29)38)43(44(55)61-8-2)51(42(33)40)24-11-12-25-52(45(56)63-46(3,4)5)64(59,60)39-19-10-9-17-37(39)53(57)58/h9-10,13,15,17-23,27,54,57H,7-8,11-12,14,16,24-26,28H2,1-6H3/q-1. The third-order valence-electron chi connectivity index (χ3n) is 10.6. The van der Waals surface area contributed by atoms with E-state index in [-0.39, 0.29) is 44.1 Å². The average Bonchev–Trinajstić information content (AvgIpc) is 3.73. The summed E-state index contributed by atoms with van der Waals surface area (Å²) in [6.45, 7) is 7.99. The summed E-state index contributed by atoms with van der Waals surface area (Å²) in [5, 5.41) is 38.8. The number of nitrogens with zero attached hydrogens (tertiary/aromatic N) is 5. The Labute approximate surface area is 376 Å². The fraction of sp³-hybridized carbons (Fsp3) is 0.370. The minimum absolute atomic E-state index is 0.0474. The zero-order valence-corrected chi connectivity index (χ0v) is 38.1. The minimum atomic E-state index is -4.76. The van der Waals surface area contributed by atoms with Gasteiger partial charge in [0.2, 0.25) is 0 Å². The van der Waals surface area contributed by atoms with Crippen LogP contribution in [0.5, 0.6) is 5.75 Å². The van der Waals surface area contributed by atoms with Crippen LogP contribution in [0.4, 0.5) is 14.9 Å². The van der Waals surface area contributed by atoms with Crippen LogP contribution < -0.4 is 9.96 Å². The fourth-order valence-electron chi connectivity index (χ4n) is 7.95. The van der Waals surface area contributed by atoms with Gasteiger partial charge in [-0.05, 0) is 113 Å². The second-order valence-corrected chi connectivity index (χ2v) is 18.2. The minimum Gasteiger partial charge on any atom is -0.733 e. The number of fused-ring (bicyclic) bond motifs is 2. The molecule has 0 saturated carbocycles. The van der Waals surface area contributed by atoms with Gasteiger partial charge in [-0.3, -0.25) is 9.89 Å². The molecular weight excluding hydrogens is 869 g/mol. The number of anilines is 1. The number of carbonyl (C=O) groups excluding carboxylic acids is 2. The third kappa shape index (κ3) is 9.98. The van der Waals surface area contributed by atoms with Gasteiger partial charge in [-0.1, -0.05) is 48.9 Å². The van der Waals surface area contributed by atoms with Crippen molar-refractivity contribution in [2.75, 3.05) is 25.0 Å². The first-order chi connectivity index (χ1) is 30.4. The van der Waals surface area contributed by atoms with Crippen molar-refractivity contribution in [3.63, 3.8) is 0 Å². The van der Waals surface area contributed by atoms with E-state index in [4.69, 9.17) is 25.8 Å². The molecule has 0 fully saturated rings. The van der Waals surface area contributed by atoms with Crippen molar-refractivity contribution in [2.45, 2.75) is 90.4 Å². The Morgan fingerprint density at radius 3 is 2.39 bits per heavy atom. The Bertz CT molecular complexity index is 2780. The molecule has 0 radical (unpaired) electrons. The molecule has 0 saturated heterocycles. The molecule has 2 aromatic heterocycles. The first-order valence-corrected chi connectivity index (χ1v) is 22.7. The zero-order valence-electron chi connectivity index (χ0n) is 36.6. The second-order valence-electron chi connectivity index (χ2n) is 16.0. The highest BCUT2D eigenvalue weighted by Crippen LogP contribution is 2.43. The number of halogens is 2. The van der Waals surface area contributed by atoms with Crippen LogP contribution in [-0.4, -0.2) is 74.8 Å². The number of ether oxygens (including phenoxy) is 3. The van der Waals surface area contributed by atoms with E-state index in [1.807, 2.05) is 13.0 Å². The molecule has 0 atom stereocenters. The van der Waals surface area contributed by atoms with Crippen LogP contribution in [0.15, 0.2) is 77.7 Å². The number of hydrogen-bond donors (Lipinski definition) is 2. The summed E-state index contributed by atoms with van der Waals surface area (Å²) >= 11 is 7.11. The smallest absolute Gasteiger partial charge is 0.424 e. The molecule has 15 nitrogen and oxygen atoms in total. The van der Waals surface area contributed by atoms with E-state index in [9.17, 15) is 37.9 Å². The van der Waals surface area contributed by atoms with Crippen molar-refractivity contribution >= 4 is 61.0 Å². The van der Waals surface area contributed by atoms with Gasteiger partial charge in [0, 0.05) is 47.7 Å². The molecule has 342 valence electrons. The van der Waals surface area contributed by atoms with Crippen LogP contribution in [0.3, 0.4) is 0 Å². The van der Waals surface area contributed by atoms with Crippen LogP contribution in [0.2, 0.25) is 5.02 Å². The van der Waals surface area contributed by atoms with Crippen molar-refractivity contribution in [3.8, 4) is 16.9 Å². The topological polar surface area (TPSA) is 189 Å². The Kier molecular flexibility index (Phi) is 14.9. The maximum Gasteiger partial charge on any atom is 0.424 e. The lowest BCUT2D eigenvalue weighted by molar-refractivity contribution is 0.0388. The predicted octanol–water partition coefficient (Wildman–Crippen LogP) is 9.33. The lowest BCUT2D eigenvalue weighted by Crippen LogP contribution is -2.41. The van der Waals surface area contributed by atoms with E-state index in [1.165, 1.54) is 24.3 Å². The first kappa shape index (κ1) is 47.8. The van der Waals surface area contributed by atoms with Gasteiger partial charge in [-0.15, -0.1) is 0 Å². The van der Waals surface area contributed by atoms with Gasteiger partial charge < -0.3 is 34.3 Å². The predicted molar refractivity (Wildman–Crippen MR) is 242 cm³/mol. The van der Waals surface area contributed by atoms with Crippen molar-refractivity contribution in [1.29, 1.82) is 0 Å². The molecule has 4 aromatic carbocycles. The number of sulfonamides is 1. The summed E-state index contributed by atoms with van der Waals surface area (Å²) in [6, 6.07) is 18.4. The Morgan fingerprint density at radius 1 is 0.969 bits per heavy atom. The molecular formula is C46H52ClFN5O10S-. The average molecular weight is 921 g/mol. The van der Waals surface area contributed by atoms with Gasteiger partial charge in [0.15, 0.2) is 0 Å². The Balaban J connectivity index is 1.42. The van der Waals surface area contributed by atoms with Crippen molar-refractivity contribution in [2.24, 2.45) is 7.05 Å². The summed E-state index contributed by atoms with van der Waals surface area (Å²) in [5.74, 6) is -0.396. The molecule has 0 bridgehead atoms. The van der Waals surface area contributed by atoms with Gasteiger partial charge in [-0.2, -0.15) is 5.10 Å². The number of esters is 1. The summed E-state index contributed by atoms with van der Waals surface area (Å²) in [4.78, 5) is 27.2. The van der Waals surface area contributed by atoms with Crippen molar-refractivity contribution < 1.29 is 46.9 Å². The number of aliphatic hydroxyl groups excluding tert-OH is 1. The summed E-state index contributed by atoms with van der Waals surface area (Å²) in [5.41, 5.74) is 2.06. The lowest BCUT2D eigenvalue weighted by atomic mass is 9.97. The number of rotatable bonds is 18. The molecule has 1 amide bonds. The van der Waals surface area contributed by atoms with E-state index in [2.05, 4.69) is 5.10 Å². The van der Waals surface area contributed by atoms with Crippen molar-refractivity contribution in [1.82, 2.24) is 18.7 Å². The van der Waals surface area contributed by atoms with Crippen LogP contribution in [0, 0.1) is 11.0 Å². The number of unbranched alkanes of at least 4 members (excludes halogenated alkanes) is 1. The highest BCUT2D eigenvalue weighted by atomic mass is 35.5. The highest BCUT2D eigenvalue weighted by molar-refractivity contribution is 7.89. The summed E-state index contributed by atoms with van der Waals surface area (Å²) in [6.07, 6.45) is 0.355. The van der Waals surface area contributed by atoms with E-state index < -0.39 is 56.6 Å². The number of amides is 1. The third-order valence-corrected chi connectivity index (χ3v) is 12.7. The molecule has 6 rings (SSSR count). The molecule has 0 spiro atoms. The number of carbonyl (C=O) groups is 2.